The number of hydrogen-bond donors (Lipinski definition) is 1. The first-order chi connectivity index (χ1) is 9.61. The van der Waals surface area contributed by atoms with Crippen molar-refractivity contribution >= 4 is 22.9 Å². The number of para-hydroxylation sites is 2. The Kier molecular flexibility index (Phi) is 4.34. The fraction of sp³-hybridized carbons (Fsp3) is 0.357. The molecular weight excluding hydrogens is 258 g/mol. The highest BCUT2D eigenvalue weighted by molar-refractivity contribution is 5.85. The fourth-order valence-electron chi connectivity index (χ4n) is 1.90. The van der Waals surface area contributed by atoms with E-state index in [0.29, 0.717) is 6.61 Å². The summed E-state index contributed by atoms with van der Waals surface area (Å²) in [6, 6.07) is 6.90. The molecule has 1 aromatic heterocycles. The van der Waals surface area contributed by atoms with Crippen molar-refractivity contribution in [1.82, 2.24) is 14.9 Å². The third-order valence-electron chi connectivity index (χ3n) is 2.86. The van der Waals surface area contributed by atoms with Gasteiger partial charge >= 0.3 is 5.97 Å². The minimum Gasteiger partial charge on any atom is -0.464 e. The van der Waals surface area contributed by atoms with Gasteiger partial charge in [0.1, 0.15) is 12.6 Å². The number of rotatable bonds is 5. The zero-order chi connectivity index (χ0) is 14.5. The zero-order valence-electron chi connectivity index (χ0n) is 11.5. The van der Waals surface area contributed by atoms with E-state index in [9.17, 15) is 9.59 Å². The number of benzene rings is 1. The Hall–Kier alpha value is -2.37. The molecule has 0 fully saturated rings. The van der Waals surface area contributed by atoms with E-state index in [1.165, 1.54) is 0 Å². The van der Waals surface area contributed by atoms with Gasteiger partial charge in [0.15, 0.2) is 0 Å². The van der Waals surface area contributed by atoms with E-state index >= 15 is 0 Å². The van der Waals surface area contributed by atoms with Crippen molar-refractivity contribution in [1.29, 1.82) is 0 Å². The van der Waals surface area contributed by atoms with E-state index < -0.39 is 12.0 Å². The second kappa shape index (κ2) is 6.18. The predicted molar refractivity (Wildman–Crippen MR) is 74.0 cm³/mol. The van der Waals surface area contributed by atoms with Crippen LogP contribution in [0.3, 0.4) is 0 Å². The van der Waals surface area contributed by atoms with Crippen LogP contribution in [0.25, 0.3) is 11.0 Å². The minimum atomic E-state index is -0.655. The van der Waals surface area contributed by atoms with Gasteiger partial charge in [0.05, 0.1) is 24.0 Å². The first-order valence-electron chi connectivity index (χ1n) is 6.47. The maximum atomic E-state index is 11.9. The highest BCUT2D eigenvalue weighted by atomic mass is 16.5. The molecule has 0 saturated carbocycles. The summed E-state index contributed by atoms with van der Waals surface area (Å²) in [6.07, 6.45) is 1.61. The molecule has 0 saturated heterocycles. The third-order valence-corrected chi connectivity index (χ3v) is 2.86. The number of hydrogen-bond acceptors (Lipinski definition) is 4. The molecule has 2 rings (SSSR count). The summed E-state index contributed by atoms with van der Waals surface area (Å²) in [6.45, 7) is 3.74. The van der Waals surface area contributed by atoms with E-state index in [0.717, 1.165) is 11.0 Å². The fourth-order valence-corrected chi connectivity index (χ4v) is 1.90. The lowest BCUT2D eigenvalue weighted by molar-refractivity contribution is -0.146. The maximum absolute atomic E-state index is 11.9. The van der Waals surface area contributed by atoms with E-state index in [-0.39, 0.29) is 12.5 Å². The summed E-state index contributed by atoms with van der Waals surface area (Å²) >= 11 is 0. The molecule has 6 heteroatoms. The van der Waals surface area contributed by atoms with Gasteiger partial charge in [-0.3, -0.25) is 4.79 Å². The SMILES string of the molecule is CCOC(=O)C(C)NC(=O)Cn1cnc2ccccc21. The van der Waals surface area contributed by atoms with Crippen LogP contribution in [0, 0.1) is 0 Å². The molecule has 1 N–H and O–H groups in total. The Labute approximate surface area is 116 Å². The lowest BCUT2D eigenvalue weighted by atomic mass is 10.3. The molecule has 0 bridgehead atoms. The molecule has 2 aromatic rings. The van der Waals surface area contributed by atoms with Crippen LogP contribution in [0.5, 0.6) is 0 Å². The molecule has 1 aromatic carbocycles. The highest BCUT2D eigenvalue weighted by Gasteiger charge is 2.17. The van der Waals surface area contributed by atoms with Crippen molar-refractivity contribution < 1.29 is 14.3 Å². The number of imidazole rings is 1. The van der Waals surface area contributed by atoms with Crippen molar-refractivity contribution in [3.8, 4) is 0 Å². The molecule has 1 atom stereocenters. The van der Waals surface area contributed by atoms with Crippen LogP contribution in [-0.2, 0) is 20.9 Å². The molecule has 20 heavy (non-hydrogen) atoms. The number of esters is 1. The van der Waals surface area contributed by atoms with Crippen LogP contribution in [-0.4, -0.2) is 34.1 Å². The molecule has 1 heterocycles. The lowest BCUT2D eigenvalue weighted by Crippen LogP contribution is -2.41. The summed E-state index contributed by atoms with van der Waals surface area (Å²) in [4.78, 5) is 27.5. The smallest absolute Gasteiger partial charge is 0.328 e. The summed E-state index contributed by atoms with van der Waals surface area (Å²) < 4.78 is 6.58. The number of aromatic nitrogens is 2. The van der Waals surface area contributed by atoms with Crippen molar-refractivity contribution in [3.63, 3.8) is 0 Å². The maximum Gasteiger partial charge on any atom is 0.328 e. The lowest BCUT2D eigenvalue weighted by Gasteiger charge is -2.13. The van der Waals surface area contributed by atoms with Crippen molar-refractivity contribution in [3.05, 3.63) is 30.6 Å². The normalized spacial score (nSPS) is 12.1. The van der Waals surface area contributed by atoms with Gasteiger partial charge in [0.2, 0.25) is 5.91 Å². The van der Waals surface area contributed by atoms with E-state index in [4.69, 9.17) is 4.74 Å². The van der Waals surface area contributed by atoms with Crippen molar-refractivity contribution in [2.75, 3.05) is 6.61 Å². The first-order valence-corrected chi connectivity index (χ1v) is 6.47. The second-order valence-corrected chi connectivity index (χ2v) is 4.40. The van der Waals surface area contributed by atoms with E-state index in [2.05, 4.69) is 10.3 Å². The number of amides is 1. The highest BCUT2D eigenvalue weighted by Crippen LogP contribution is 2.11. The Morgan fingerprint density at radius 2 is 2.15 bits per heavy atom. The Bertz CT molecular complexity index is 621. The van der Waals surface area contributed by atoms with Gasteiger partial charge in [-0.05, 0) is 26.0 Å². The molecule has 0 spiro atoms. The van der Waals surface area contributed by atoms with E-state index in [1.54, 1.807) is 24.7 Å². The first kappa shape index (κ1) is 14.0. The molecule has 106 valence electrons. The van der Waals surface area contributed by atoms with Crippen LogP contribution >= 0.6 is 0 Å². The topological polar surface area (TPSA) is 73.2 Å². The van der Waals surface area contributed by atoms with Crippen LogP contribution in [0.15, 0.2) is 30.6 Å². The average molecular weight is 275 g/mol. The van der Waals surface area contributed by atoms with Crippen LogP contribution in [0.2, 0.25) is 0 Å². The quantitative estimate of drug-likeness (QED) is 0.829. The van der Waals surface area contributed by atoms with Crippen molar-refractivity contribution in [2.45, 2.75) is 26.4 Å². The molecule has 1 amide bonds. The number of ether oxygens (including phenoxy) is 1. The van der Waals surface area contributed by atoms with Crippen LogP contribution in [0.4, 0.5) is 0 Å². The van der Waals surface area contributed by atoms with Gasteiger partial charge in [-0.25, -0.2) is 9.78 Å². The Morgan fingerprint density at radius 3 is 2.90 bits per heavy atom. The van der Waals surface area contributed by atoms with E-state index in [1.807, 2.05) is 24.3 Å². The van der Waals surface area contributed by atoms with Gasteiger partial charge in [-0.2, -0.15) is 0 Å². The third kappa shape index (κ3) is 3.14. The van der Waals surface area contributed by atoms with Gasteiger partial charge < -0.3 is 14.6 Å². The van der Waals surface area contributed by atoms with Gasteiger partial charge in [0, 0.05) is 0 Å². The largest absolute Gasteiger partial charge is 0.464 e. The number of fused-ring (bicyclic) bond motifs is 1. The molecule has 1 unspecified atom stereocenters. The second-order valence-electron chi connectivity index (χ2n) is 4.40. The molecule has 0 radical (unpaired) electrons. The van der Waals surface area contributed by atoms with Gasteiger partial charge in [-0.15, -0.1) is 0 Å². The van der Waals surface area contributed by atoms with Crippen LogP contribution in [0.1, 0.15) is 13.8 Å². The summed E-state index contributed by atoms with van der Waals surface area (Å²) in [5.74, 6) is -0.690. The standard InChI is InChI=1S/C14H17N3O3/c1-3-20-14(19)10(2)16-13(18)8-17-9-15-11-6-4-5-7-12(11)17/h4-7,9-10H,3,8H2,1-2H3,(H,16,18). The summed E-state index contributed by atoms with van der Waals surface area (Å²) in [7, 11) is 0. The average Bonchev–Trinajstić information content (AvgIpc) is 2.82. The number of carbonyl (C=O) groups is 2. The molecular formula is C14H17N3O3. The molecule has 0 aliphatic rings. The number of nitrogens with zero attached hydrogens (tertiary/aromatic N) is 2. The Morgan fingerprint density at radius 1 is 1.40 bits per heavy atom. The van der Waals surface area contributed by atoms with Gasteiger partial charge in [0.25, 0.3) is 0 Å². The Balaban J connectivity index is 1.99. The predicted octanol–water partition coefficient (Wildman–Crippen LogP) is 1.10. The number of carbonyl (C=O) groups excluding carboxylic acids is 2. The summed E-state index contributed by atoms with van der Waals surface area (Å²) in [5.41, 5.74) is 1.71. The summed E-state index contributed by atoms with van der Waals surface area (Å²) in [5, 5.41) is 2.61. The minimum absolute atomic E-state index is 0.115. The van der Waals surface area contributed by atoms with Crippen molar-refractivity contribution in [2.24, 2.45) is 0 Å². The molecule has 0 aliphatic carbocycles. The van der Waals surface area contributed by atoms with Gasteiger partial charge in [-0.1, -0.05) is 12.1 Å². The number of nitrogens with one attached hydrogen (secondary N) is 1. The molecule has 0 aliphatic heterocycles. The molecule has 6 nitrogen and oxygen atoms in total. The van der Waals surface area contributed by atoms with Crippen LogP contribution < -0.4 is 5.32 Å². The monoisotopic (exact) mass is 275 g/mol. The zero-order valence-corrected chi connectivity index (χ0v) is 11.5.